The Balaban J connectivity index is 1.10. The molecule has 0 amide bonds. The van der Waals surface area contributed by atoms with Crippen LogP contribution < -0.4 is 0 Å². The molecule has 8 heteroatoms. The summed E-state index contributed by atoms with van der Waals surface area (Å²) in [7, 11) is 0. The van der Waals surface area contributed by atoms with E-state index < -0.39 is 0 Å². The van der Waals surface area contributed by atoms with E-state index in [9.17, 15) is 0 Å². The lowest BCUT2D eigenvalue weighted by Gasteiger charge is -2.11. The van der Waals surface area contributed by atoms with Gasteiger partial charge in [0.15, 0.2) is 17.5 Å². The van der Waals surface area contributed by atoms with Crippen molar-refractivity contribution in [1.29, 1.82) is 0 Å². The Morgan fingerprint density at radius 3 is 1.75 bits per heavy atom. The largest absolute Gasteiger partial charge is 0.278 e. The minimum absolute atomic E-state index is 0.574. The number of nitrogens with zero attached hydrogens (tertiary/aromatic N) is 6. The molecule has 0 fully saturated rings. The van der Waals surface area contributed by atoms with E-state index in [1.165, 1.54) is 14.1 Å². The molecule has 12 aromatic rings. The maximum absolute atomic E-state index is 5.36. The Bertz CT molecular complexity index is 3480. The van der Waals surface area contributed by atoms with Crippen molar-refractivity contribution in [3.05, 3.63) is 170 Å². The molecule has 7 aromatic carbocycles. The summed E-state index contributed by atoms with van der Waals surface area (Å²) in [6.45, 7) is 0. The SMILES string of the molecule is c1ccc(-c2nc(-c3ccc4sc5cccc(-c6nc(-c7ccccc7)c7sc8ccccc8c7n6)c5c4c3)nc(-n3c4ccccc4c4ccccc43)n2)cc1. The summed E-state index contributed by atoms with van der Waals surface area (Å²) in [6.07, 6.45) is 0. The highest BCUT2D eigenvalue weighted by atomic mass is 32.1. The van der Waals surface area contributed by atoms with E-state index in [1.807, 2.05) is 36.4 Å². The number of thiophene rings is 2. The van der Waals surface area contributed by atoms with Crippen LogP contribution in [0.25, 0.3) is 114 Å². The number of hydrogen-bond donors (Lipinski definition) is 0. The van der Waals surface area contributed by atoms with E-state index in [1.54, 1.807) is 22.7 Å². The average Bonchev–Trinajstić information content (AvgIpc) is 3.96. The molecule has 0 atom stereocenters. The van der Waals surface area contributed by atoms with Gasteiger partial charge in [0.25, 0.3) is 0 Å². The zero-order chi connectivity index (χ0) is 37.5. The second kappa shape index (κ2) is 12.7. The second-order valence-corrected chi connectivity index (χ2v) is 16.2. The predicted octanol–water partition coefficient (Wildman–Crippen LogP) is 13.2. The third-order valence-electron chi connectivity index (χ3n) is 10.7. The van der Waals surface area contributed by atoms with Crippen molar-refractivity contribution in [1.82, 2.24) is 29.5 Å². The van der Waals surface area contributed by atoms with Gasteiger partial charge in [0.1, 0.15) is 0 Å². The Hall–Kier alpha value is -7.13. The molecule has 0 spiro atoms. The molecule has 0 radical (unpaired) electrons. The molecule has 0 bridgehead atoms. The van der Waals surface area contributed by atoms with Crippen LogP contribution in [0.5, 0.6) is 0 Å². The molecular weight excluding hydrogens is 737 g/mol. The van der Waals surface area contributed by atoms with Crippen LogP contribution in [-0.2, 0) is 0 Å². The van der Waals surface area contributed by atoms with E-state index >= 15 is 0 Å². The number of hydrogen-bond acceptors (Lipinski definition) is 7. The Morgan fingerprint density at radius 2 is 1.00 bits per heavy atom. The summed E-state index contributed by atoms with van der Waals surface area (Å²) in [5.74, 6) is 2.51. The number of benzene rings is 7. The third kappa shape index (κ3) is 5.12. The van der Waals surface area contributed by atoms with E-state index in [0.717, 1.165) is 76.1 Å². The van der Waals surface area contributed by atoms with Crippen molar-refractivity contribution in [2.75, 3.05) is 0 Å². The molecule has 12 rings (SSSR count). The first-order valence-corrected chi connectivity index (χ1v) is 20.4. The van der Waals surface area contributed by atoms with Crippen LogP contribution >= 0.6 is 22.7 Å². The number of aromatic nitrogens is 6. The van der Waals surface area contributed by atoms with Gasteiger partial charge in [0, 0.05) is 63.3 Å². The number of fused-ring (bicyclic) bond motifs is 9. The summed E-state index contributed by atoms with van der Waals surface area (Å²) >= 11 is 3.53. The Kier molecular flexibility index (Phi) is 7.17. The normalized spacial score (nSPS) is 11.9. The first kappa shape index (κ1) is 32.1. The summed E-state index contributed by atoms with van der Waals surface area (Å²) in [5.41, 5.74) is 7.92. The van der Waals surface area contributed by atoms with Gasteiger partial charge < -0.3 is 0 Å². The van der Waals surface area contributed by atoms with Crippen LogP contribution in [0.2, 0.25) is 0 Å². The van der Waals surface area contributed by atoms with Crippen molar-refractivity contribution in [3.8, 4) is 51.4 Å². The monoisotopic (exact) mass is 764 g/mol. The lowest BCUT2D eigenvalue weighted by Crippen LogP contribution is -2.06. The zero-order valence-corrected chi connectivity index (χ0v) is 31.8. The summed E-state index contributed by atoms with van der Waals surface area (Å²) in [6, 6.07) is 59.0. The molecular formula is C49H28N6S2. The van der Waals surface area contributed by atoms with Gasteiger partial charge >= 0.3 is 0 Å². The summed E-state index contributed by atoms with van der Waals surface area (Å²) in [4.78, 5) is 26.2. The van der Waals surface area contributed by atoms with Gasteiger partial charge in [-0.25, -0.2) is 15.0 Å². The van der Waals surface area contributed by atoms with Gasteiger partial charge in [-0.05, 0) is 42.5 Å². The Morgan fingerprint density at radius 1 is 0.386 bits per heavy atom. The fourth-order valence-electron chi connectivity index (χ4n) is 8.10. The molecule has 0 saturated carbocycles. The number of para-hydroxylation sites is 2. The van der Waals surface area contributed by atoms with Crippen molar-refractivity contribution < 1.29 is 0 Å². The molecule has 0 unspecified atom stereocenters. The molecule has 0 N–H and O–H groups in total. The van der Waals surface area contributed by atoms with Gasteiger partial charge in [-0.1, -0.05) is 127 Å². The lowest BCUT2D eigenvalue weighted by molar-refractivity contribution is 0.954. The van der Waals surface area contributed by atoms with Gasteiger partial charge in [0.2, 0.25) is 5.95 Å². The fourth-order valence-corrected chi connectivity index (χ4v) is 10.4. The quantitative estimate of drug-likeness (QED) is 0.175. The number of rotatable bonds is 5. The van der Waals surface area contributed by atoms with Crippen LogP contribution in [0.3, 0.4) is 0 Å². The molecule has 5 aromatic heterocycles. The highest BCUT2D eigenvalue weighted by Crippen LogP contribution is 2.44. The standard InChI is InChI=1S/C49H28N6S2/c1-3-14-29(15-4-1)43-45-44(34-20-9-12-24-39(34)57-45)51-48(50-43)35-21-13-25-41-42(35)36-28-31(26-27-40(36)56-41)47-52-46(30-16-5-2-6-17-30)53-49(54-47)55-37-22-10-7-18-32(37)33-19-8-11-23-38(33)55/h1-28H. The van der Waals surface area contributed by atoms with Gasteiger partial charge in [0.05, 0.1) is 26.9 Å². The molecule has 57 heavy (non-hydrogen) atoms. The highest BCUT2D eigenvalue weighted by molar-refractivity contribution is 7.26. The molecule has 6 nitrogen and oxygen atoms in total. The third-order valence-corrected chi connectivity index (χ3v) is 13.0. The topological polar surface area (TPSA) is 69.4 Å². The Labute approximate surface area is 334 Å². The van der Waals surface area contributed by atoms with Crippen molar-refractivity contribution in [3.63, 3.8) is 0 Å². The molecule has 5 heterocycles. The molecule has 0 saturated heterocycles. The first-order chi connectivity index (χ1) is 28.2. The maximum Gasteiger partial charge on any atom is 0.238 e. The van der Waals surface area contributed by atoms with Crippen molar-refractivity contribution >= 4 is 85.0 Å². The van der Waals surface area contributed by atoms with Gasteiger partial charge in [-0.3, -0.25) is 4.57 Å². The zero-order valence-electron chi connectivity index (χ0n) is 30.2. The van der Waals surface area contributed by atoms with Crippen LogP contribution in [0.15, 0.2) is 170 Å². The highest BCUT2D eigenvalue weighted by Gasteiger charge is 2.21. The van der Waals surface area contributed by atoms with E-state index in [-0.39, 0.29) is 0 Å². The van der Waals surface area contributed by atoms with Crippen molar-refractivity contribution in [2.24, 2.45) is 0 Å². The van der Waals surface area contributed by atoms with Gasteiger partial charge in [-0.2, -0.15) is 9.97 Å². The van der Waals surface area contributed by atoms with Gasteiger partial charge in [-0.15, -0.1) is 22.7 Å². The minimum Gasteiger partial charge on any atom is -0.278 e. The molecule has 0 aliphatic rings. The minimum atomic E-state index is 0.574. The predicted molar refractivity (Wildman–Crippen MR) is 237 cm³/mol. The van der Waals surface area contributed by atoms with Crippen LogP contribution in [0, 0.1) is 0 Å². The maximum atomic E-state index is 5.36. The molecule has 0 aliphatic carbocycles. The molecule has 0 aliphatic heterocycles. The van der Waals surface area contributed by atoms with E-state index in [4.69, 9.17) is 24.9 Å². The fraction of sp³-hybridized carbons (Fsp3) is 0. The smallest absolute Gasteiger partial charge is 0.238 e. The van der Waals surface area contributed by atoms with E-state index in [0.29, 0.717) is 23.4 Å². The average molecular weight is 765 g/mol. The van der Waals surface area contributed by atoms with Crippen molar-refractivity contribution in [2.45, 2.75) is 0 Å². The van der Waals surface area contributed by atoms with E-state index in [2.05, 4.69) is 138 Å². The van der Waals surface area contributed by atoms with Crippen LogP contribution in [-0.4, -0.2) is 29.5 Å². The second-order valence-electron chi connectivity index (χ2n) is 14.0. The summed E-state index contributed by atoms with van der Waals surface area (Å²) < 4.78 is 6.80. The van der Waals surface area contributed by atoms with Crippen LogP contribution in [0.4, 0.5) is 0 Å². The molecule has 266 valence electrons. The summed E-state index contributed by atoms with van der Waals surface area (Å²) in [5, 5.41) is 5.69. The van der Waals surface area contributed by atoms with Crippen LogP contribution in [0.1, 0.15) is 0 Å². The lowest BCUT2D eigenvalue weighted by atomic mass is 10.0. The first-order valence-electron chi connectivity index (χ1n) is 18.8.